The minimum Gasteiger partial charge on any atom is -0.454 e. The molecule has 3 aromatic rings. The number of ether oxygens (including phenoxy) is 2. The van der Waals surface area contributed by atoms with Crippen molar-refractivity contribution in [3.63, 3.8) is 0 Å². The molecule has 0 amide bonds. The molecule has 4 heteroatoms. The Kier molecular flexibility index (Phi) is 3.09. The van der Waals surface area contributed by atoms with Crippen LogP contribution in [0.1, 0.15) is 5.69 Å². The number of hydrogen-bond donors (Lipinski definition) is 0. The second-order valence-electron chi connectivity index (χ2n) is 5.14. The fraction of sp³-hybridized carbons (Fsp3) is 0.111. The minimum atomic E-state index is 0.277. The number of benzene rings is 2. The lowest BCUT2D eigenvalue weighted by Gasteiger charge is -2.12. The number of aryl methyl sites for hydroxylation is 1. The first-order valence-electron chi connectivity index (χ1n) is 6.98. The summed E-state index contributed by atoms with van der Waals surface area (Å²) in [5, 5.41) is 0.727. The molecule has 0 fully saturated rings. The molecule has 2 heterocycles. The van der Waals surface area contributed by atoms with E-state index in [-0.39, 0.29) is 6.79 Å². The SMILES string of the molecule is Cc1[c]cc(-c2ccc(Cl)cc2)n1-c1ccc2c(c1)OCO2. The highest BCUT2D eigenvalue weighted by molar-refractivity contribution is 6.30. The second kappa shape index (κ2) is 5.11. The van der Waals surface area contributed by atoms with Crippen molar-refractivity contribution in [1.29, 1.82) is 0 Å². The molecule has 1 aromatic heterocycles. The maximum Gasteiger partial charge on any atom is 0.231 e. The average molecular weight is 311 g/mol. The summed E-state index contributed by atoms with van der Waals surface area (Å²) in [6, 6.07) is 19.0. The third-order valence-corrected chi connectivity index (χ3v) is 4.00. The quantitative estimate of drug-likeness (QED) is 0.688. The summed E-state index contributed by atoms with van der Waals surface area (Å²) >= 11 is 5.98. The predicted octanol–water partition coefficient (Wildman–Crippen LogP) is 4.64. The van der Waals surface area contributed by atoms with Crippen LogP contribution in [0.4, 0.5) is 0 Å². The van der Waals surface area contributed by atoms with E-state index in [2.05, 4.69) is 10.6 Å². The molecule has 0 N–H and O–H groups in total. The van der Waals surface area contributed by atoms with E-state index in [9.17, 15) is 0 Å². The van der Waals surface area contributed by atoms with Gasteiger partial charge in [-0.05, 0) is 42.8 Å². The number of rotatable bonds is 2. The first-order valence-corrected chi connectivity index (χ1v) is 7.36. The molecule has 3 nitrogen and oxygen atoms in total. The monoisotopic (exact) mass is 310 g/mol. The van der Waals surface area contributed by atoms with Crippen LogP contribution in [0, 0.1) is 13.0 Å². The van der Waals surface area contributed by atoms with E-state index < -0.39 is 0 Å². The summed E-state index contributed by atoms with van der Waals surface area (Å²) < 4.78 is 13.0. The first kappa shape index (κ1) is 13.3. The summed E-state index contributed by atoms with van der Waals surface area (Å²) in [5.74, 6) is 1.55. The molecular weight excluding hydrogens is 298 g/mol. The van der Waals surface area contributed by atoms with E-state index in [0.717, 1.165) is 39.2 Å². The molecule has 22 heavy (non-hydrogen) atoms. The molecule has 109 valence electrons. The number of nitrogens with zero attached hydrogens (tertiary/aromatic N) is 1. The molecule has 0 atom stereocenters. The van der Waals surface area contributed by atoms with Crippen molar-refractivity contribution in [2.24, 2.45) is 0 Å². The lowest BCUT2D eigenvalue weighted by Crippen LogP contribution is -1.99. The number of hydrogen-bond acceptors (Lipinski definition) is 2. The van der Waals surface area contributed by atoms with Crippen LogP contribution in [0.2, 0.25) is 5.02 Å². The van der Waals surface area contributed by atoms with Crippen molar-refractivity contribution >= 4 is 11.6 Å². The van der Waals surface area contributed by atoms with Crippen LogP contribution in [0.3, 0.4) is 0 Å². The van der Waals surface area contributed by atoms with Gasteiger partial charge in [-0.25, -0.2) is 0 Å². The lowest BCUT2D eigenvalue weighted by molar-refractivity contribution is 0.174. The van der Waals surface area contributed by atoms with E-state index in [4.69, 9.17) is 21.1 Å². The maximum absolute atomic E-state index is 5.98. The highest BCUT2D eigenvalue weighted by atomic mass is 35.5. The van der Waals surface area contributed by atoms with Crippen LogP contribution < -0.4 is 9.47 Å². The Labute approximate surface area is 133 Å². The highest BCUT2D eigenvalue weighted by Gasteiger charge is 2.16. The van der Waals surface area contributed by atoms with Crippen molar-refractivity contribution in [3.8, 4) is 28.4 Å². The summed E-state index contributed by atoms with van der Waals surface area (Å²) in [7, 11) is 0. The number of aromatic nitrogens is 1. The van der Waals surface area contributed by atoms with Gasteiger partial charge in [-0.2, -0.15) is 0 Å². The van der Waals surface area contributed by atoms with Gasteiger partial charge in [-0.15, -0.1) is 0 Å². The molecule has 0 saturated heterocycles. The number of halogens is 1. The lowest BCUT2D eigenvalue weighted by atomic mass is 10.1. The molecule has 2 aromatic carbocycles. The van der Waals surface area contributed by atoms with Crippen LogP contribution in [-0.4, -0.2) is 11.4 Å². The standard InChI is InChI=1S/C18H13ClNO2/c1-12-2-8-16(13-3-5-14(19)6-4-13)20(12)15-7-9-17-18(10-15)22-11-21-17/h3-10H,11H2,1H3. The molecule has 0 spiro atoms. The van der Waals surface area contributed by atoms with Gasteiger partial charge in [0.1, 0.15) is 0 Å². The predicted molar refractivity (Wildman–Crippen MR) is 85.9 cm³/mol. The Morgan fingerprint density at radius 2 is 1.82 bits per heavy atom. The van der Waals surface area contributed by atoms with E-state index in [1.165, 1.54) is 0 Å². The topological polar surface area (TPSA) is 23.4 Å². The Bertz CT molecular complexity index is 837. The second-order valence-corrected chi connectivity index (χ2v) is 5.58. The van der Waals surface area contributed by atoms with Crippen molar-refractivity contribution in [3.05, 3.63) is 65.3 Å². The van der Waals surface area contributed by atoms with Crippen molar-refractivity contribution in [1.82, 2.24) is 4.57 Å². The van der Waals surface area contributed by atoms with E-state index in [1.807, 2.05) is 55.5 Å². The summed E-state index contributed by atoms with van der Waals surface area (Å²) in [6.07, 6.45) is 0. The molecule has 0 unspecified atom stereocenters. The summed E-state index contributed by atoms with van der Waals surface area (Å²) in [6.45, 7) is 2.31. The third kappa shape index (κ3) is 2.14. The first-order chi connectivity index (χ1) is 10.7. The Morgan fingerprint density at radius 1 is 1.05 bits per heavy atom. The molecule has 0 aliphatic carbocycles. The molecule has 0 bridgehead atoms. The van der Waals surface area contributed by atoms with Crippen LogP contribution >= 0.6 is 11.6 Å². The van der Waals surface area contributed by atoms with Gasteiger partial charge in [-0.3, -0.25) is 0 Å². The summed E-state index contributed by atoms with van der Waals surface area (Å²) in [5.41, 5.74) is 4.20. The van der Waals surface area contributed by atoms with Gasteiger partial charge < -0.3 is 14.0 Å². The third-order valence-electron chi connectivity index (χ3n) is 3.75. The largest absolute Gasteiger partial charge is 0.454 e. The van der Waals surface area contributed by atoms with E-state index in [1.54, 1.807) is 0 Å². The van der Waals surface area contributed by atoms with Gasteiger partial charge in [0, 0.05) is 28.5 Å². The van der Waals surface area contributed by atoms with E-state index >= 15 is 0 Å². The molecule has 1 radical (unpaired) electrons. The van der Waals surface area contributed by atoms with Gasteiger partial charge >= 0.3 is 0 Å². The Morgan fingerprint density at radius 3 is 2.64 bits per heavy atom. The molecule has 1 aliphatic heterocycles. The molecule has 0 saturated carbocycles. The van der Waals surface area contributed by atoms with Crippen molar-refractivity contribution in [2.75, 3.05) is 6.79 Å². The Hall–Kier alpha value is -2.39. The smallest absolute Gasteiger partial charge is 0.231 e. The van der Waals surface area contributed by atoms with Gasteiger partial charge in [0.05, 0.1) is 5.69 Å². The zero-order chi connectivity index (χ0) is 15.1. The highest BCUT2D eigenvalue weighted by Crippen LogP contribution is 2.35. The van der Waals surface area contributed by atoms with E-state index in [0.29, 0.717) is 0 Å². The Balaban J connectivity index is 1.85. The maximum atomic E-state index is 5.98. The number of fused-ring (bicyclic) bond motifs is 1. The van der Waals surface area contributed by atoms with Crippen molar-refractivity contribution < 1.29 is 9.47 Å². The van der Waals surface area contributed by atoms with Crippen LogP contribution in [0.15, 0.2) is 48.5 Å². The molecule has 4 rings (SSSR count). The zero-order valence-electron chi connectivity index (χ0n) is 12.0. The van der Waals surface area contributed by atoms with Crippen LogP contribution in [0.5, 0.6) is 11.5 Å². The van der Waals surface area contributed by atoms with Gasteiger partial charge in [-0.1, -0.05) is 23.7 Å². The molecular formula is C18H13ClNO2. The normalized spacial score (nSPS) is 12.6. The van der Waals surface area contributed by atoms with Crippen LogP contribution in [0.25, 0.3) is 16.9 Å². The fourth-order valence-corrected chi connectivity index (χ4v) is 2.80. The average Bonchev–Trinajstić information content (AvgIpc) is 3.13. The summed E-state index contributed by atoms with van der Waals surface area (Å²) in [4.78, 5) is 0. The fourth-order valence-electron chi connectivity index (χ4n) is 2.67. The van der Waals surface area contributed by atoms with Gasteiger partial charge in [0.2, 0.25) is 6.79 Å². The minimum absolute atomic E-state index is 0.277. The molecule has 1 aliphatic rings. The van der Waals surface area contributed by atoms with Crippen molar-refractivity contribution in [2.45, 2.75) is 6.92 Å². The van der Waals surface area contributed by atoms with Crippen LogP contribution in [-0.2, 0) is 0 Å². The zero-order valence-corrected chi connectivity index (χ0v) is 12.7. The van der Waals surface area contributed by atoms with Gasteiger partial charge in [0.25, 0.3) is 0 Å². The van der Waals surface area contributed by atoms with Gasteiger partial charge in [0.15, 0.2) is 11.5 Å².